The van der Waals surface area contributed by atoms with Crippen molar-refractivity contribution in [3.63, 3.8) is 0 Å². The average Bonchev–Trinajstić information content (AvgIpc) is 2.52. The number of amides is 2. The molecule has 13 heavy (non-hydrogen) atoms. The zero-order chi connectivity index (χ0) is 9.84. The van der Waals surface area contributed by atoms with E-state index in [-0.39, 0.29) is 5.56 Å². The third kappa shape index (κ3) is 2.19. The van der Waals surface area contributed by atoms with Crippen LogP contribution in [0.2, 0.25) is 0 Å². The standard InChI is InChI=1S/C7H8N2O3S/c1-8-7(12)9-5-4(6(10)11)2-3-13-5/h2-3H,1H3,(H,10,11)(H2,8,9,12). The molecule has 0 aliphatic rings. The van der Waals surface area contributed by atoms with Gasteiger partial charge in [-0.05, 0) is 11.4 Å². The topological polar surface area (TPSA) is 78.4 Å². The fourth-order valence-corrected chi connectivity index (χ4v) is 1.51. The van der Waals surface area contributed by atoms with E-state index in [1.165, 1.54) is 24.5 Å². The zero-order valence-corrected chi connectivity index (χ0v) is 7.64. The molecule has 0 atom stereocenters. The van der Waals surface area contributed by atoms with Crippen LogP contribution in [0.1, 0.15) is 10.4 Å². The molecule has 1 heterocycles. The predicted octanol–water partition coefficient (Wildman–Crippen LogP) is 1.20. The third-order valence-electron chi connectivity index (χ3n) is 1.35. The fourth-order valence-electron chi connectivity index (χ4n) is 0.740. The Morgan fingerprint density at radius 1 is 1.54 bits per heavy atom. The van der Waals surface area contributed by atoms with Crippen molar-refractivity contribution < 1.29 is 14.7 Å². The first-order valence-electron chi connectivity index (χ1n) is 3.44. The largest absolute Gasteiger partial charge is 0.478 e. The highest BCUT2D eigenvalue weighted by Gasteiger charge is 2.12. The van der Waals surface area contributed by atoms with E-state index < -0.39 is 12.0 Å². The fraction of sp³-hybridized carbons (Fsp3) is 0.143. The molecule has 0 aliphatic carbocycles. The first kappa shape index (κ1) is 9.53. The maximum absolute atomic E-state index is 10.8. The van der Waals surface area contributed by atoms with Gasteiger partial charge in [-0.25, -0.2) is 9.59 Å². The van der Waals surface area contributed by atoms with Crippen LogP contribution in [0.3, 0.4) is 0 Å². The van der Waals surface area contributed by atoms with Crippen molar-refractivity contribution >= 4 is 28.3 Å². The van der Waals surface area contributed by atoms with Gasteiger partial charge >= 0.3 is 12.0 Å². The minimum Gasteiger partial charge on any atom is -0.478 e. The van der Waals surface area contributed by atoms with Gasteiger partial charge in [0.05, 0.1) is 5.56 Å². The number of nitrogens with one attached hydrogen (secondary N) is 2. The Labute approximate surface area is 78.4 Å². The molecule has 1 rings (SSSR count). The van der Waals surface area contributed by atoms with Gasteiger partial charge in [0.25, 0.3) is 0 Å². The average molecular weight is 200 g/mol. The molecule has 0 saturated heterocycles. The zero-order valence-electron chi connectivity index (χ0n) is 6.83. The van der Waals surface area contributed by atoms with Gasteiger partial charge in [-0.15, -0.1) is 11.3 Å². The monoisotopic (exact) mass is 200 g/mol. The summed E-state index contributed by atoms with van der Waals surface area (Å²) in [6.45, 7) is 0. The number of hydrogen-bond acceptors (Lipinski definition) is 3. The number of carbonyl (C=O) groups excluding carboxylic acids is 1. The summed E-state index contributed by atoms with van der Waals surface area (Å²) in [5, 5.41) is 15.4. The molecule has 1 aromatic rings. The van der Waals surface area contributed by atoms with E-state index in [4.69, 9.17) is 5.11 Å². The van der Waals surface area contributed by atoms with Crippen molar-refractivity contribution in [1.29, 1.82) is 0 Å². The maximum Gasteiger partial charge on any atom is 0.338 e. The lowest BCUT2D eigenvalue weighted by molar-refractivity contribution is 0.0698. The van der Waals surface area contributed by atoms with E-state index in [0.29, 0.717) is 5.00 Å². The molecule has 6 heteroatoms. The summed E-state index contributed by atoms with van der Waals surface area (Å²) in [5.41, 5.74) is 0.105. The third-order valence-corrected chi connectivity index (χ3v) is 2.18. The van der Waals surface area contributed by atoms with Gasteiger partial charge in [0, 0.05) is 7.05 Å². The Morgan fingerprint density at radius 3 is 2.77 bits per heavy atom. The number of thiophene rings is 1. The minimum absolute atomic E-state index is 0.105. The van der Waals surface area contributed by atoms with E-state index in [9.17, 15) is 9.59 Å². The highest BCUT2D eigenvalue weighted by molar-refractivity contribution is 7.14. The van der Waals surface area contributed by atoms with E-state index in [1.807, 2.05) is 0 Å². The van der Waals surface area contributed by atoms with Gasteiger partial charge < -0.3 is 10.4 Å². The molecule has 0 aliphatic heterocycles. The van der Waals surface area contributed by atoms with Crippen molar-refractivity contribution in [2.24, 2.45) is 0 Å². The van der Waals surface area contributed by atoms with Gasteiger partial charge in [0.1, 0.15) is 5.00 Å². The molecule has 0 radical (unpaired) electrons. The lowest BCUT2D eigenvalue weighted by atomic mass is 10.3. The molecular weight excluding hydrogens is 192 g/mol. The number of rotatable bonds is 2. The molecule has 0 aromatic carbocycles. The van der Waals surface area contributed by atoms with Gasteiger partial charge in [0.2, 0.25) is 0 Å². The van der Waals surface area contributed by atoms with Crippen LogP contribution in [-0.4, -0.2) is 24.2 Å². The quantitative estimate of drug-likeness (QED) is 0.671. The van der Waals surface area contributed by atoms with Gasteiger partial charge in [-0.2, -0.15) is 0 Å². The van der Waals surface area contributed by atoms with Crippen LogP contribution in [0.25, 0.3) is 0 Å². The van der Waals surface area contributed by atoms with Crippen LogP contribution in [0, 0.1) is 0 Å². The van der Waals surface area contributed by atoms with E-state index >= 15 is 0 Å². The molecule has 2 amide bonds. The molecule has 0 spiro atoms. The second-order valence-electron chi connectivity index (χ2n) is 2.17. The normalized spacial score (nSPS) is 9.31. The molecule has 0 fully saturated rings. The number of anilines is 1. The number of carboxylic acid groups (broad SMARTS) is 1. The summed E-state index contributed by atoms with van der Waals surface area (Å²) in [5.74, 6) is -1.05. The summed E-state index contributed by atoms with van der Waals surface area (Å²) in [6.07, 6.45) is 0. The molecule has 0 unspecified atom stereocenters. The first-order chi connectivity index (χ1) is 6.15. The van der Waals surface area contributed by atoms with Crippen LogP contribution >= 0.6 is 11.3 Å². The predicted molar refractivity (Wildman–Crippen MR) is 49.4 cm³/mol. The summed E-state index contributed by atoms with van der Waals surface area (Å²) < 4.78 is 0. The number of hydrogen-bond donors (Lipinski definition) is 3. The van der Waals surface area contributed by atoms with Gasteiger partial charge in [-0.1, -0.05) is 0 Å². The van der Waals surface area contributed by atoms with Crippen molar-refractivity contribution in [3.8, 4) is 0 Å². The molecule has 5 nitrogen and oxygen atoms in total. The summed E-state index contributed by atoms with van der Waals surface area (Å²) >= 11 is 1.17. The maximum atomic E-state index is 10.8. The lowest BCUT2D eigenvalue weighted by Crippen LogP contribution is -2.24. The lowest BCUT2D eigenvalue weighted by Gasteiger charge is -2.01. The Hall–Kier alpha value is -1.56. The number of carbonyl (C=O) groups is 2. The van der Waals surface area contributed by atoms with Crippen molar-refractivity contribution in [2.75, 3.05) is 12.4 Å². The van der Waals surface area contributed by atoms with E-state index in [1.54, 1.807) is 5.38 Å². The van der Waals surface area contributed by atoms with Crippen LogP contribution in [0.5, 0.6) is 0 Å². The Morgan fingerprint density at radius 2 is 2.23 bits per heavy atom. The highest BCUT2D eigenvalue weighted by Crippen LogP contribution is 2.22. The van der Waals surface area contributed by atoms with Gasteiger partial charge in [0.15, 0.2) is 0 Å². The molecule has 3 N–H and O–H groups in total. The van der Waals surface area contributed by atoms with E-state index in [0.717, 1.165) is 0 Å². The second kappa shape index (κ2) is 3.90. The van der Waals surface area contributed by atoms with E-state index in [2.05, 4.69) is 10.6 Å². The van der Waals surface area contributed by atoms with Gasteiger partial charge in [-0.3, -0.25) is 5.32 Å². The number of urea groups is 1. The summed E-state index contributed by atoms with van der Waals surface area (Å²) in [7, 11) is 1.46. The molecule has 0 saturated carbocycles. The molecular formula is C7H8N2O3S. The smallest absolute Gasteiger partial charge is 0.338 e. The van der Waals surface area contributed by atoms with Crippen LogP contribution in [-0.2, 0) is 0 Å². The van der Waals surface area contributed by atoms with Crippen molar-refractivity contribution in [3.05, 3.63) is 17.0 Å². The molecule has 1 aromatic heterocycles. The second-order valence-corrected chi connectivity index (χ2v) is 3.09. The van der Waals surface area contributed by atoms with Crippen LogP contribution in [0.15, 0.2) is 11.4 Å². The summed E-state index contributed by atoms with van der Waals surface area (Å²) in [4.78, 5) is 21.4. The van der Waals surface area contributed by atoms with Crippen LogP contribution in [0.4, 0.5) is 9.80 Å². The first-order valence-corrected chi connectivity index (χ1v) is 4.32. The minimum atomic E-state index is -1.05. The van der Waals surface area contributed by atoms with Crippen molar-refractivity contribution in [1.82, 2.24) is 5.32 Å². The Balaban J connectivity index is 2.82. The molecule has 0 bridgehead atoms. The van der Waals surface area contributed by atoms with Crippen molar-refractivity contribution in [2.45, 2.75) is 0 Å². The highest BCUT2D eigenvalue weighted by atomic mass is 32.1. The molecule has 70 valence electrons. The van der Waals surface area contributed by atoms with Crippen LogP contribution < -0.4 is 10.6 Å². The SMILES string of the molecule is CNC(=O)Nc1sccc1C(=O)O. The number of carboxylic acids is 1. The Kier molecular flexibility index (Phi) is 2.86. The number of aromatic carboxylic acids is 1. The Bertz CT molecular complexity index is 334. The summed E-state index contributed by atoms with van der Waals surface area (Å²) in [6, 6.07) is 1.02.